The monoisotopic (exact) mass is 458 g/mol. The quantitative estimate of drug-likeness (QED) is 0.526. The summed E-state index contributed by atoms with van der Waals surface area (Å²) in [6, 6.07) is 7.75. The molecule has 1 amide bonds. The average Bonchev–Trinajstić information content (AvgIpc) is 2.58. The van der Waals surface area contributed by atoms with Gasteiger partial charge in [-0.15, -0.1) is 0 Å². The van der Waals surface area contributed by atoms with E-state index >= 15 is 0 Å². The minimum Gasteiger partial charge on any atom is -0.482 e. The van der Waals surface area contributed by atoms with Crippen LogP contribution < -0.4 is 15.4 Å². The molecule has 2 aromatic rings. The van der Waals surface area contributed by atoms with Gasteiger partial charge in [-0.25, -0.2) is 4.79 Å². The van der Waals surface area contributed by atoms with Gasteiger partial charge in [0.15, 0.2) is 6.61 Å². The number of amides is 1. The zero-order valence-electron chi connectivity index (χ0n) is 16.1. The summed E-state index contributed by atoms with van der Waals surface area (Å²) in [6.45, 7) is 5.62. The van der Waals surface area contributed by atoms with Crippen LogP contribution in [0.1, 0.15) is 36.7 Å². The van der Waals surface area contributed by atoms with Gasteiger partial charge in [0.05, 0.1) is 15.6 Å². The Hall–Kier alpha value is -2.15. The van der Waals surface area contributed by atoms with Crippen LogP contribution in [0.5, 0.6) is 5.75 Å². The molecule has 0 atom stereocenters. The standard InChI is InChI=1S/C20H21Cl3N2O4/c1-20(2,3)25-17(26)10-29-18-11(6-12(21)7-16(18)23)9-24-13-4-5-15(22)14(8-13)19(27)28/h4-8,24H,9-10H2,1-3H3,(H,25,26)(H,27,28). The Bertz CT molecular complexity index is 927. The molecular formula is C20H21Cl3N2O4. The van der Waals surface area contributed by atoms with Gasteiger partial charge in [-0.1, -0.05) is 34.8 Å². The fraction of sp³-hybridized carbons (Fsp3) is 0.300. The summed E-state index contributed by atoms with van der Waals surface area (Å²) in [6.07, 6.45) is 0. The van der Waals surface area contributed by atoms with Crippen LogP contribution in [-0.4, -0.2) is 29.1 Å². The first kappa shape index (κ1) is 23.1. The number of carboxylic acid groups (broad SMARTS) is 1. The van der Waals surface area contributed by atoms with Gasteiger partial charge < -0.3 is 20.5 Å². The predicted octanol–water partition coefficient (Wildman–Crippen LogP) is 5.25. The number of hydrogen-bond acceptors (Lipinski definition) is 4. The normalized spacial score (nSPS) is 11.1. The first-order valence-electron chi connectivity index (χ1n) is 8.64. The average molecular weight is 460 g/mol. The van der Waals surface area contributed by atoms with E-state index in [1.54, 1.807) is 12.1 Å². The van der Waals surface area contributed by atoms with Crippen LogP contribution in [0.3, 0.4) is 0 Å². The van der Waals surface area contributed by atoms with E-state index in [0.717, 1.165) is 0 Å². The third-order valence-corrected chi connectivity index (χ3v) is 4.46. The minimum atomic E-state index is -1.13. The van der Waals surface area contributed by atoms with Gasteiger partial charge in [0.25, 0.3) is 5.91 Å². The first-order chi connectivity index (χ1) is 13.5. The van der Waals surface area contributed by atoms with Crippen LogP contribution in [0.25, 0.3) is 0 Å². The van der Waals surface area contributed by atoms with E-state index in [0.29, 0.717) is 22.0 Å². The highest BCUT2D eigenvalue weighted by atomic mass is 35.5. The topological polar surface area (TPSA) is 87.7 Å². The van der Waals surface area contributed by atoms with Crippen molar-refractivity contribution in [3.8, 4) is 5.75 Å². The van der Waals surface area contributed by atoms with E-state index in [9.17, 15) is 14.7 Å². The molecule has 156 valence electrons. The largest absolute Gasteiger partial charge is 0.482 e. The second-order valence-electron chi connectivity index (χ2n) is 7.32. The molecule has 0 heterocycles. The van der Waals surface area contributed by atoms with Crippen LogP contribution in [0.15, 0.2) is 30.3 Å². The summed E-state index contributed by atoms with van der Waals surface area (Å²) in [5.74, 6) is -1.09. The summed E-state index contributed by atoms with van der Waals surface area (Å²) in [7, 11) is 0. The number of anilines is 1. The molecule has 0 radical (unpaired) electrons. The maximum atomic E-state index is 12.0. The number of carbonyl (C=O) groups excluding carboxylic acids is 1. The lowest BCUT2D eigenvalue weighted by Gasteiger charge is -2.21. The van der Waals surface area contributed by atoms with Crippen LogP contribution in [-0.2, 0) is 11.3 Å². The van der Waals surface area contributed by atoms with Gasteiger partial charge in [0.2, 0.25) is 0 Å². The van der Waals surface area contributed by atoms with Crippen molar-refractivity contribution in [2.24, 2.45) is 0 Å². The van der Waals surface area contributed by atoms with Crippen molar-refractivity contribution in [2.45, 2.75) is 32.9 Å². The molecule has 0 aliphatic rings. The Labute approximate surface area is 184 Å². The van der Waals surface area contributed by atoms with Crippen LogP contribution in [0, 0.1) is 0 Å². The second kappa shape index (κ2) is 9.57. The molecule has 0 aromatic heterocycles. The van der Waals surface area contributed by atoms with Crippen molar-refractivity contribution in [1.82, 2.24) is 5.32 Å². The molecule has 29 heavy (non-hydrogen) atoms. The number of aromatic carboxylic acids is 1. The van der Waals surface area contributed by atoms with Crippen molar-refractivity contribution in [1.29, 1.82) is 0 Å². The van der Waals surface area contributed by atoms with Crippen LogP contribution in [0.2, 0.25) is 15.1 Å². The number of rotatable bonds is 7. The second-order valence-corrected chi connectivity index (χ2v) is 8.57. The molecule has 0 spiro atoms. The number of carbonyl (C=O) groups is 2. The number of benzene rings is 2. The van der Waals surface area contributed by atoms with Gasteiger partial charge in [-0.05, 0) is 51.1 Å². The molecule has 0 unspecified atom stereocenters. The maximum absolute atomic E-state index is 12.0. The lowest BCUT2D eigenvalue weighted by Crippen LogP contribution is -2.43. The molecule has 0 aliphatic heterocycles. The summed E-state index contributed by atoms with van der Waals surface area (Å²) in [4.78, 5) is 23.3. The number of halogens is 3. The Balaban J connectivity index is 2.17. The Morgan fingerprint density at radius 2 is 1.76 bits per heavy atom. The first-order valence-corrected chi connectivity index (χ1v) is 9.78. The number of nitrogens with one attached hydrogen (secondary N) is 2. The molecule has 9 heteroatoms. The predicted molar refractivity (Wildman–Crippen MR) is 116 cm³/mol. The van der Waals surface area contributed by atoms with Gasteiger partial charge in [-0.2, -0.15) is 0 Å². The summed E-state index contributed by atoms with van der Waals surface area (Å²) in [5, 5.41) is 15.9. The highest BCUT2D eigenvalue weighted by Crippen LogP contribution is 2.33. The Morgan fingerprint density at radius 1 is 1.07 bits per heavy atom. The third kappa shape index (κ3) is 6.99. The Morgan fingerprint density at radius 3 is 2.38 bits per heavy atom. The van der Waals surface area contributed by atoms with Gasteiger partial charge in [0, 0.05) is 28.4 Å². The Kier molecular flexibility index (Phi) is 7.63. The number of carboxylic acids is 1. The van der Waals surface area contributed by atoms with Crippen molar-refractivity contribution in [2.75, 3.05) is 11.9 Å². The molecule has 2 rings (SSSR count). The van der Waals surface area contributed by atoms with E-state index in [1.807, 2.05) is 20.8 Å². The summed E-state index contributed by atoms with van der Waals surface area (Å²) >= 11 is 18.2. The molecular weight excluding hydrogens is 439 g/mol. The highest BCUT2D eigenvalue weighted by Gasteiger charge is 2.17. The van der Waals surface area contributed by atoms with Crippen molar-refractivity contribution in [3.05, 3.63) is 56.5 Å². The van der Waals surface area contributed by atoms with Crippen molar-refractivity contribution < 1.29 is 19.4 Å². The lowest BCUT2D eigenvalue weighted by atomic mass is 10.1. The molecule has 0 saturated heterocycles. The zero-order valence-corrected chi connectivity index (χ0v) is 18.4. The molecule has 0 fully saturated rings. The van der Waals surface area contributed by atoms with Gasteiger partial charge in [0.1, 0.15) is 5.75 Å². The number of hydrogen-bond donors (Lipinski definition) is 3. The highest BCUT2D eigenvalue weighted by molar-refractivity contribution is 6.35. The van der Waals surface area contributed by atoms with Gasteiger partial charge in [-0.3, -0.25) is 4.79 Å². The molecule has 0 bridgehead atoms. The van der Waals surface area contributed by atoms with E-state index < -0.39 is 5.97 Å². The van der Waals surface area contributed by atoms with Crippen molar-refractivity contribution >= 4 is 52.4 Å². The number of ether oxygens (including phenoxy) is 1. The lowest BCUT2D eigenvalue weighted by molar-refractivity contribution is -0.124. The van der Waals surface area contributed by atoms with Gasteiger partial charge >= 0.3 is 5.97 Å². The maximum Gasteiger partial charge on any atom is 0.337 e. The summed E-state index contributed by atoms with van der Waals surface area (Å²) < 4.78 is 5.64. The molecule has 0 aliphatic carbocycles. The summed E-state index contributed by atoms with van der Waals surface area (Å²) in [5.41, 5.74) is 0.749. The third-order valence-electron chi connectivity index (χ3n) is 3.63. The van der Waals surface area contributed by atoms with E-state index in [-0.39, 0.29) is 40.2 Å². The van der Waals surface area contributed by atoms with E-state index in [4.69, 9.17) is 39.5 Å². The fourth-order valence-electron chi connectivity index (χ4n) is 2.50. The molecule has 3 N–H and O–H groups in total. The van der Waals surface area contributed by atoms with E-state index in [2.05, 4.69) is 10.6 Å². The fourth-order valence-corrected chi connectivity index (χ4v) is 3.28. The van der Waals surface area contributed by atoms with Crippen LogP contribution >= 0.6 is 34.8 Å². The molecule has 2 aromatic carbocycles. The van der Waals surface area contributed by atoms with Crippen molar-refractivity contribution in [3.63, 3.8) is 0 Å². The van der Waals surface area contributed by atoms with E-state index in [1.165, 1.54) is 18.2 Å². The SMILES string of the molecule is CC(C)(C)NC(=O)COc1c(Cl)cc(Cl)cc1CNc1ccc(Cl)c(C(=O)O)c1. The zero-order chi connectivity index (χ0) is 21.8. The minimum absolute atomic E-state index is 0.0175. The van der Waals surface area contributed by atoms with Crippen LogP contribution in [0.4, 0.5) is 5.69 Å². The molecule has 6 nitrogen and oxygen atoms in total. The molecule has 0 saturated carbocycles. The smallest absolute Gasteiger partial charge is 0.337 e.